The van der Waals surface area contributed by atoms with Crippen molar-refractivity contribution in [3.05, 3.63) is 23.8 Å². The van der Waals surface area contributed by atoms with E-state index in [0.717, 1.165) is 6.07 Å². The highest BCUT2D eigenvalue weighted by Crippen LogP contribution is 2.25. The third-order valence-corrected chi connectivity index (χ3v) is 4.52. The van der Waals surface area contributed by atoms with Crippen molar-refractivity contribution in [1.82, 2.24) is 4.31 Å². The van der Waals surface area contributed by atoms with E-state index in [0.29, 0.717) is 0 Å². The lowest BCUT2D eigenvalue weighted by Crippen LogP contribution is -2.40. The lowest BCUT2D eigenvalue weighted by Gasteiger charge is -2.23. The summed E-state index contributed by atoms with van der Waals surface area (Å²) in [5.41, 5.74) is 5.88. The van der Waals surface area contributed by atoms with E-state index in [4.69, 9.17) is 10.8 Å². The summed E-state index contributed by atoms with van der Waals surface area (Å²) in [7, 11) is -4.38. The molecule has 1 rings (SSSR count). The summed E-state index contributed by atoms with van der Waals surface area (Å²) < 4.78 is 62.0. The number of hydrogen-bond donors (Lipinski definition) is 2. The topological polar surface area (TPSA) is 83.6 Å². The molecule has 1 aromatic carbocycles. The zero-order chi connectivity index (χ0) is 15.6. The first-order chi connectivity index (χ1) is 9.08. The zero-order valence-corrected chi connectivity index (χ0v) is 11.5. The maximum Gasteiger partial charge on any atom is 0.402 e. The van der Waals surface area contributed by atoms with Crippen LogP contribution in [0.5, 0.6) is 0 Å². The van der Waals surface area contributed by atoms with Gasteiger partial charge in [0, 0.05) is 12.2 Å². The Hall–Kier alpha value is -1.32. The second-order valence-corrected chi connectivity index (χ2v) is 6.11. The van der Waals surface area contributed by atoms with E-state index < -0.39 is 35.9 Å². The first-order valence-electron chi connectivity index (χ1n) is 5.62. The number of aryl methyl sites for hydroxylation is 1. The molecule has 0 aliphatic rings. The van der Waals surface area contributed by atoms with Crippen molar-refractivity contribution in [2.24, 2.45) is 0 Å². The molecule has 0 radical (unpaired) electrons. The van der Waals surface area contributed by atoms with Crippen molar-refractivity contribution in [3.8, 4) is 0 Å². The minimum atomic E-state index is -4.70. The fraction of sp³-hybridized carbons (Fsp3) is 0.455. The van der Waals surface area contributed by atoms with Crippen LogP contribution in [0, 0.1) is 6.92 Å². The van der Waals surface area contributed by atoms with Crippen LogP contribution < -0.4 is 5.73 Å². The van der Waals surface area contributed by atoms with Gasteiger partial charge in [0.1, 0.15) is 6.54 Å². The summed E-state index contributed by atoms with van der Waals surface area (Å²) >= 11 is 0. The van der Waals surface area contributed by atoms with E-state index in [-0.39, 0.29) is 20.5 Å². The molecule has 0 aliphatic heterocycles. The number of halogens is 3. The Kier molecular flexibility index (Phi) is 5.00. The normalized spacial score (nSPS) is 12.9. The second-order valence-electron chi connectivity index (χ2n) is 4.20. The summed E-state index contributed by atoms with van der Waals surface area (Å²) in [4.78, 5) is -0.296. The number of nitrogen functional groups attached to an aromatic ring is 1. The molecular formula is C11H15F3N2O3S. The highest BCUT2D eigenvalue weighted by molar-refractivity contribution is 7.89. The molecule has 0 saturated carbocycles. The van der Waals surface area contributed by atoms with Crippen molar-refractivity contribution < 1.29 is 26.7 Å². The Labute approximate surface area is 114 Å². The molecule has 0 aliphatic carbocycles. The zero-order valence-electron chi connectivity index (χ0n) is 10.7. The van der Waals surface area contributed by atoms with Gasteiger partial charge < -0.3 is 10.8 Å². The molecule has 0 heterocycles. The third kappa shape index (κ3) is 4.09. The van der Waals surface area contributed by atoms with Gasteiger partial charge >= 0.3 is 6.18 Å². The Balaban J connectivity index is 3.26. The first kappa shape index (κ1) is 16.7. The summed E-state index contributed by atoms with van der Waals surface area (Å²) in [6.07, 6.45) is -4.70. The predicted molar refractivity (Wildman–Crippen MR) is 67.5 cm³/mol. The van der Waals surface area contributed by atoms with Crippen LogP contribution in [0.2, 0.25) is 0 Å². The van der Waals surface area contributed by atoms with Crippen LogP contribution in [-0.4, -0.2) is 43.7 Å². The van der Waals surface area contributed by atoms with Gasteiger partial charge in [-0.15, -0.1) is 0 Å². The Bertz CT molecular complexity index is 573. The molecule has 0 fully saturated rings. The van der Waals surface area contributed by atoms with Crippen LogP contribution in [-0.2, 0) is 10.0 Å². The molecule has 5 nitrogen and oxygen atoms in total. The first-order valence-corrected chi connectivity index (χ1v) is 7.06. The standard InChI is InChI=1S/C11H15F3N2O3S/c1-8-2-3-9(15)6-10(8)20(18,19)16(4-5-17)7-11(12,13)14/h2-3,6,17H,4-5,7,15H2,1H3. The molecule has 0 saturated heterocycles. The van der Waals surface area contributed by atoms with Gasteiger partial charge in [-0.2, -0.15) is 17.5 Å². The van der Waals surface area contributed by atoms with E-state index in [1.807, 2.05) is 0 Å². The average Bonchev–Trinajstić information content (AvgIpc) is 2.30. The molecule has 0 spiro atoms. The number of benzene rings is 1. The van der Waals surface area contributed by atoms with Gasteiger partial charge in [-0.05, 0) is 24.6 Å². The molecule has 9 heteroatoms. The van der Waals surface area contributed by atoms with E-state index in [2.05, 4.69) is 0 Å². The smallest absolute Gasteiger partial charge is 0.399 e. The monoisotopic (exact) mass is 312 g/mol. The number of aliphatic hydroxyl groups is 1. The number of nitrogens with zero attached hydrogens (tertiary/aromatic N) is 1. The van der Waals surface area contributed by atoms with Gasteiger partial charge in [0.2, 0.25) is 10.0 Å². The van der Waals surface area contributed by atoms with Crippen molar-refractivity contribution in [2.45, 2.75) is 18.0 Å². The highest BCUT2D eigenvalue weighted by Gasteiger charge is 2.37. The summed E-state index contributed by atoms with van der Waals surface area (Å²) in [5, 5.41) is 8.77. The minimum absolute atomic E-state index is 0.130. The number of alkyl halides is 3. The lowest BCUT2D eigenvalue weighted by molar-refractivity contribution is -0.136. The molecule has 0 aromatic heterocycles. The maximum atomic E-state index is 12.4. The molecule has 0 atom stereocenters. The van der Waals surface area contributed by atoms with Gasteiger partial charge in [0.05, 0.1) is 11.5 Å². The van der Waals surface area contributed by atoms with Crippen LogP contribution >= 0.6 is 0 Å². The number of anilines is 1. The minimum Gasteiger partial charge on any atom is -0.399 e. The molecule has 1 aromatic rings. The SMILES string of the molecule is Cc1ccc(N)cc1S(=O)(=O)N(CCO)CC(F)(F)F. The van der Waals surface area contributed by atoms with E-state index >= 15 is 0 Å². The van der Waals surface area contributed by atoms with Crippen LogP contribution in [0.4, 0.5) is 18.9 Å². The third-order valence-electron chi connectivity index (χ3n) is 2.54. The maximum absolute atomic E-state index is 12.4. The number of sulfonamides is 1. The van der Waals surface area contributed by atoms with Crippen molar-refractivity contribution in [3.63, 3.8) is 0 Å². The summed E-state index contributed by atoms with van der Waals surface area (Å²) in [6, 6.07) is 3.97. The quantitative estimate of drug-likeness (QED) is 0.798. The van der Waals surface area contributed by atoms with Gasteiger partial charge in [-0.3, -0.25) is 0 Å². The molecule has 20 heavy (non-hydrogen) atoms. The number of aliphatic hydroxyl groups excluding tert-OH is 1. The fourth-order valence-electron chi connectivity index (χ4n) is 1.63. The number of rotatable bonds is 5. The largest absolute Gasteiger partial charge is 0.402 e. The summed E-state index contributed by atoms with van der Waals surface area (Å²) in [6.45, 7) is -1.56. The fourth-order valence-corrected chi connectivity index (χ4v) is 3.31. The molecule has 3 N–H and O–H groups in total. The van der Waals surface area contributed by atoms with Crippen molar-refractivity contribution >= 4 is 15.7 Å². The van der Waals surface area contributed by atoms with Crippen LogP contribution in [0.25, 0.3) is 0 Å². The second kappa shape index (κ2) is 5.98. The highest BCUT2D eigenvalue weighted by atomic mass is 32.2. The molecule has 0 unspecified atom stereocenters. The van der Waals surface area contributed by atoms with Crippen molar-refractivity contribution in [2.75, 3.05) is 25.4 Å². The molecule has 114 valence electrons. The Morgan fingerprint density at radius 2 is 1.95 bits per heavy atom. The van der Waals surface area contributed by atoms with Crippen LogP contribution in [0.15, 0.2) is 23.1 Å². The van der Waals surface area contributed by atoms with E-state index in [9.17, 15) is 21.6 Å². The van der Waals surface area contributed by atoms with E-state index in [1.165, 1.54) is 19.1 Å². The number of nitrogens with two attached hydrogens (primary N) is 1. The van der Waals surface area contributed by atoms with E-state index in [1.54, 1.807) is 0 Å². The summed E-state index contributed by atoms with van der Waals surface area (Å²) in [5.74, 6) is 0. The number of hydrogen-bond acceptors (Lipinski definition) is 4. The van der Waals surface area contributed by atoms with Gasteiger partial charge in [-0.25, -0.2) is 8.42 Å². The van der Waals surface area contributed by atoms with Gasteiger partial charge in [0.25, 0.3) is 0 Å². The predicted octanol–water partition coefficient (Wildman–Crippen LogP) is 1.12. The van der Waals surface area contributed by atoms with Gasteiger partial charge in [0.15, 0.2) is 0 Å². The van der Waals surface area contributed by atoms with Crippen molar-refractivity contribution in [1.29, 1.82) is 0 Å². The average molecular weight is 312 g/mol. The van der Waals surface area contributed by atoms with Crippen LogP contribution in [0.1, 0.15) is 5.56 Å². The van der Waals surface area contributed by atoms with Gasteiger partial charge in [-0.1, -0.05) is 6.07 Å². The molecule has 0 amide bonds. The Morgan fingerprint density at radius 3 is 2.45 bits per heavy atom. The van der Waals surface area contributed by atoms with Crippen LogP contribution in [0.3, 0.4) is 0 Å². The molecule has 0 bridgehead atoms. The Morgan fingerprint density at radius 1 is 1.35 bits per heavy atom. The molecular weight excluding hydrogens is 297 g/mol. The lowest BCUT2D eigenvalue weighted by atomic mass is 10.2.